The third-order valence-corrected chi connectivity index (χ3v) is 7.65. The predicted octanol–water partition coefficient (Wildman–Crippen LogP) is 5.01. The molecule has 5 heteroatoms. The van der Waals surface area contributed by atoms with Gasteiger partial charge < -0.3 is 14.4 Å². The number of fused-ring (bicyclic) bond motifs is 4. The van der Waals surface area contributed by atoms with Crippen LogP contribution in [0.15, 0.2) is 47.7 Å². The summed E-state index contributed by atoms with van der Waals surface area (Å²) in [7, 11) is 0. The first-order valence-electron chi connectivity index (χ1n) is 11.6. The maximum atomic E-state index is 12.8. The molecule has 1 spiro atoms. The molecule has 2 unspecified atom stereocenters. The van der Waals surface area contributed by atoms with Crippen LogP contribution in [-0.2, 0) is 24.5 Å². The Morgan fingerprint density at radius 1 is 1.10 bits per heavy atom. The number of unbranched alkanes of at least 4 members (excludes halogenated alkanes) is 1. The van der Waals surface area contributed by atoms with Crippen LogP contribution < -0.4 is 4.90 Å². The number of hydrogen-bond acceptors (Lipinski definition) is 5. The highest BCUT2D eigenvalue weighted by molar-refractivity contribution is 6.15. The molecule has 5 nitrogen and oxygen atoms in total. The lowest BCUT2D eigenvalue weighted by atomic mass is 9.83. The molecule has 4 aliphatic rings. The number of carbonyl (C=O) groups excluding carboxylic acids is 2. The molecule has 0 amide bonds. The number of allylic oxidation sites excluding steroid dienone is 3. The molecular formula is C26H31NO4. The van der Waals surface area contributed by atoms with Crippen molar-refractivity contribution in [1.29, 1.82) is 0 Å². The van der Waals surface area contributed by atoms with Crippen molar-refractivity contribution in [2.45, 2.75) is 70.5 Å². The molecule has 5 rings (SSSR count). The molecule has 0 aromatic heterocycles. The van der Waals surface area contributed by atoms with E-state index in [1.807, 2.05) is 6.08 Å². The monoisotopic (exact) mass is 421 g/mol. The molecule has 2 atom stereocenters. The number of nitrogens with zero attached hydrogens (tertiary/aromatic N) is 1. The zero-order valence-electron chi connectivity index (χ0n) is 18.6. The summed E-state index contributed by atoms with van der Waals surface area (Å²) in [5.74, 6) is -1.46. The number of esters is 2. The summed E-state index contributed by atoms with van der Waals surface area (Å²) in [6.45, 7) is 7.44. The number of anilines is 1. The fourth-order valence-corrected chi connectivity index (χ4v) is 6.00. The van der Waals surface area contributed by atoms with Gasteiger partial charge in [0.1, 0.15) is 5.57 Å². The van der Waals surface area contributed by atoms with E-state index < -0.39 is 17.7 Å². The molecular weight excluding hydrogens is 390 g/mol. The second kappa shape index (κ2) is 7.25. The summed E-state index contributed by atoms with van der Waals surface area (Å²) in [5.41, 5.74) is 3.29. The van der Waals surface area contributed by atoms with E-state index in [1.165, 1.54) is 11.3 Å². The van der Waals surface area contributed by atoms with Crippen molar-refractivity contribution in [2.24, 2.45) is 11.8 Å². The topological polar surface area (TPSA) is 55.8 Å². The zero-order valence-corrected chi connectivity index (χ0v) is 18.6. The third kappa shape index (κ3) is 3.12. The first-order valence-corrected chi connectivity index (χ1v) is 11.6. The molecule has 1 aromatic carbocycles. The average molecular weight is 422 g/mol. The lowest BCUT2D eigenvalue weighted by Crippen LogP contribution is -2.49. The largest absolute Gasteiger partial charge is 0.418 e. The van der Waals surface area contributed by atoms with E-state index in [4.69, 9.17) is 9.47 Å². The van der Waals surface area contributed by atoms with Crippen molar-refractivity contribution in [3.05, 3.63) is 53.3 Å². The van der Waals surface area contributed by atoms with Crippen LogP contribution in [-0.4, -0.2) is 24.3 Å². The number of ether oxygens (including phenoxy) is 2. The molecule has 2 heterocycles. The van der Waals surface area contributed by atoms with Crippen molar-refractivity contribution in [3.63, 3.8) is 0 Å². The average Bonchev–Trinajstić information content (AvgIpc) is 3.38. The lowest BCUT2D eigenvalue weighted by Gasteiger charge is -2.39. The van der Waals surface area contributed by atoms with Gasteiger partial charge in [0.25, 0.3) is 5.79 Å². The van der Waals surface area contributed by atoms with Crippen LogP contribution in [0.3, 0.4) is 0 Å². The van der Waals surface area contributed by atoms with E-state index >= 15 is 0 Å². The summed E-state index contributed by atoms with van der Waals surface area (Å²) in [6, 6.07) is 8.41. The van der Waals surface area contributed by atoms with E-state index in [0.717, 1.165) is 44.3 Å². The summed E-state index contributed by atoms with van der Waals surface area (Å²) in [4.78, 5) is 28.0. The molecule has 0 radical (unpaired) electrons. The number of benzene rings is 1. The van der Waals surface area contributed by atoms with Gasteiger partial charge in [-0.05, 0) is 55.4 Å². The molecule has 164 valence electrons. The van der Waals surface area contributed by atoms with Crippen LogP contribution in [0.1, 0.15) is 64.9 Å². The normalized spacial score (nSPS) is 31.9. The van der Waals surface area contributed by atoms with Crippen LogP contribution in [0.2, 0.25) is 0 Å². The summed E-state index contributed by atoms with van der Waals surface area (Å²) in [5, 5.41) is 0. The van der Waals surface area contributed by atoms with E-state index in [-0.39, 0.29) is 16.9 Å². The molecule has 2 aliphatic heterocycles. The van der Waals surface area contributed by atoms with Gasteiger partial charge in [0, 0.05) is 35.7 Å². The second-order valence-corrected chi connectivity index (χ2v) is 9.95. The minimum Gasteiger partial charge on any atom is -0.418 e. The lowest BCUT2D eigenvalue weighted by molar-refractivity contribution is -0.251. The molecule has 2 saturated carbocycles. The van der Waals surface area contributed by atoms with Gasteiger partial charge in [-0.15, -0.1) is 0 Å². The van der Waals surface area contributed by atoms with Gasteiger partial charge in [0.2, 0.25) is 0 Å². The maximum absolute atomic E-state index is 12.8. The van der Waals surface area contributed by atoms with Gasteiger partial charge in [0.15, 0.2) is 0 Å². The quantitative estimate of drug-likeness (QED) is 0.389. The van der Waals surface area contributed by atoms with Crippen molar-refractivity contribution in [3.8, 4) is 0 Å². The summed E-state index contributed by atoms with van der Waals surface area (Å²) < 4.78 is 11.6. The smallest absolute Gasteiger partial charge is 0.348 e. The fourth-order valence-electron chi connectivity index (χ4n) is 6.00. The third-order valence-electron chi connectivity index (χ3n) is 7.65. The Hall–Kier alpha value is -2.56. The highest BCUT2D eigenvalue weighted by Gasteiger charge is 2.59. The van der Waals surface area contributed by atoms with E-state index in [2.05, 4.69) is 49.9 Å². The fraction of sp³-hybridized carbons (Fsp3) is 0.538. The molecule has 2 aliphatic carbocycles. The first kappa shape index (κ1) is 20.3. The Morgan fingerprint density at radius 3 is 2.48 bits per heavy atom. The number of para-hydroxylation sites is 1. The molecule has 2 bridgehead atoms. The second-order valence-electron chi connectivity index (χ2n) is 9.95. The van der Waals surface area contributed by atoms with Crippen molar-refractivity contribution < 1.29 is 19.1 Å². The van der Waals surface area contributed by atoms with Gasteiger partial charge in [-0.3, -0.25) is 0 Å². The van der Waals surface area contributed by atoms with E-state index in [0.29, 0.717) is 12.3 Å². The minimum absolute atomic E-state index is 0.0110. The molecule has 0 N–H and O–H groups in total. The Labute approximate surface area is 184 Å². The van der Waals surface area contributed by atoms with Crippen molar-refractivity contribution in [1.82, 2.24) is 0 Å². The van der Waals surface area contributed by atoms with Crippen LogP contribution >= 0.6 is 0 Å². The Morgan fingerprint density at radius 2 is 1.84 bits per heavy atom. The van der Waals surface area contributed by atoms with Gasteiger partial charge in [-0.1, -0.05) is 45.4 Å². The molecule has 1 saturated heterocycles. The van der Waals surface area contributed by atoms with Crippen molar-refractivity contribution >= 4 is 17.6 Å². The van der Waals surface area contributed by atoms with E-state index in [1.54, 1.807) is 6.08 Å². The number of rotatable bonds is 4. The first-order chi connectivity index (χ1) is 14.9. The van der Waals surface area contributed by atoms with Crippen LogP contribution in [0.5, 0.6) is 0 Å². The Balaban J connectivity index is 1.45. The number of carbonyl (C=O) groups is 2. The Kier molecular flexibility index (Phi) is 4.76. The summed E-state index contributed by atoms with van der Waals surface area (Å²) >= 11 is 0. The van der Waals surface area contributed by atoms with Crippen molar-refractivity contribution in [2.75, 3.05) is 11.4 Å². The predicted molar refractivity (Wildman–Crippen MR) is 118 cm³/mol. The van der Waals surface area contributed by atoms with Gasteiger partial charge in [-0.25, -0.2) is 9.59 Å². The van der Waals surface area contributed by atoms with Gasteiger partial charge in [-0.2, -0.15) is 0 Å². The highest BCUT2D eigenvalue weighted by Crippen LogP contribution is 2.54. The highest BCUT2D eigenvalue weighted by atomic mass is 16.7. The molecule has 3 fully saturated rings. The van der Waals surface area contributed by atoms with Crippen LogP contribution in [0.25, 0.3) is 0 Å². The Bertz CT molecular complexity index is 969. The van der Waals surface area contributed by atoms with Crippen LogP contribution in [0.4, 0.5) is 5.69 Å². The molecule has 31 heavy (non-hydrogen) atoms. The minimum atomic E-state index is -1.02. The SMILES string of the molecule is CCCCN1/C(=C\C=C2C(=O)OC3(CC4CCC3C4)OC2=O)C(C)(C)c2ccccc21. The van der Waals surface area contributed by atoms with Crippen LogP contribution in [0, 0.1) is 11.8 Å². The standard InChI is InChI=1S/C26H31NO4/c1-4-5-14-27-21-9-7-6-8-20(21)25(2,3)22(27)13-12-19-23(28)30-26(31-24(19)29)16-17-10-11-18(26)15-17/h6-9,12-13,17-18H,4-5,10-11,14-16H2,1-3H3/b19-12?,22-13-. The van der Waals surface area contributed by atoms with Gasteiger partial charge in [0.05, 0.1) is 0 Å². The maximum Gasteiger partial charge on any atom is 0.348 e. The zero-order chi connectivity index (χ0) is 21.8. The van der Waals surface area contributed by atoms with E-state index in [9.17, 15) is 9.59 Å². The summed E-state index contributed by atoms with van der Waals surface area (Å²) in [6.07, 6.45) is 9.41. The van der Waals surface area contributed by atoms with Gasteiger partial charge >= 0.3 is 11.9 Å². The molecule has 1 aromatic rings. The number of hydrogen-bond donors (Lipinski definition) is 0.